The third kappa shape index (κ3) is 2.84. The second kappa shape index (κ2) is 5.18. The lowest BCUT2D eigenvalue weighted by Gasteiger charge is -2.06. The molecule has 0 saturated carbocycles. The molecule has 0 saturated heterocycles. The van der Waals surface area contributed by atoms with E-state index in [1.54, 1.807) is 6.20 Å². The minimum atomic E-state index is -0.573. The van der Waals surface area contributed by atoms with E-state index in [2.05, 4.69) is 9.59 Å². The van der Waals surface area contributed by atoms with E-state index in [1.807, 2.05) is 6.92 Å². The molecule has 0 aliphatic carbocycles. The molecule has 0 bridgehead atoms. The molecule has 0 radical (unpaired) electrons. The summed E-state index contributed by atoms with van der Waals surface area (Å²) in [5.41, 5.74) is 0. The van der Waals surface area contributed by atoms with Crippen molar-refractivity contribution in [3.8, 4) is 0 Å². The maximum Gasteiger partial charge on any atom is 0.115 e. The number of aliphatic hydroxyl groups is 1. The Hall–Kier alpha value is -0.520. The van der Waals surface area contributed by atoms with E-state index in [1.165, 1.54) is 11.5 Å². The largest absolute Gasteiger partial charge is 0.385 e. The molecule has 0 aliphatic heterocycles. The average Bonchev–Trinajstić information content (AvgIpc) is 2.56. The summed E-state index contributed by atoms with van der Waals surface area (Å²) in [7, 11) is 0. The van der Waals surface area contributed by atoms with Crippen LogP contribution in [0.5, 0.6) is 0 Å². The molecule has 1 N–H and O–H groups in total. The third-order valence-corrected chi connectivity index (χ3v) is 2.10. The highest BCUT2D eigenvalue weighted by atomic mass is 32.1. The van der Waals surface area contributed by atoms with E-state index in [9.17, 15) is 5.11 Å². The van der Waals surface area contributed by atoms with Gasteiger partial charge in [-0.3, -0.25) is 0 Å². The van der Waals surface area contributed by atoms with E-state index in [4.69, 9.17) is 4.74 Å². The Kier molecular flexibility index (Phi) is 4.13. The number of nitrogens with zero attached hydrogens (tertiary/aromatic N) is 2. The number of hydrogen-bond donors (Lipinski definition) is 1. The second-order valence-electron chi connectivity index (χ2n) is 2.41. The Morgan fingerprint density at radius 2 is 2.58 bits per heavy atom. The Morgan fingerprint density at radius 3 is 3.17 bits per heavy atom. The van der Waals surface area contributed by atoms with Gasteiger partial charge in [0.05, 0.1) is 17.7 Å². The van der Waals surface area contributed by atoms with Crippen LogP contribution in [0.15, 0.2) is 6.20 Å². The Bertz CT molecular complexity index is 203. The first-order valence-corrected chi connectivity index (χ1v) is 4.65. The molecule has 12 heavy (non-hydrogen) atoms. The molecule has 0 aromatic carbocycles. The summed E-state index contributed by atoms with van der Waals surface area (Å²) < 4.78 is 8.82. The zero-order valence-electron chi connectivity index (χ0n) is 6.93. The van der Waals surface area contributed by atoms with Gasteiger partial charge in [0.15, 0.2) is 0 Å². The fourth-order valence-corrected chi connectivity index (χ4v) is 1.22. The van der Waals surface area contributed by atoms with Crippen LogP contribution < -0.4 is 0 Å². The number of ether oxygens (including phenoxy) is 1. The van der Waals surface area contributed by atoms with Crippen LogP contribution in [0.1, 0.15) is 24.3 Å². The molecule has 68 valence electrons. The second-order valence-corrected chi connectivity index (χ2v) is 3.23. The summed E-state index contributed by atoms with van der Waals surface area (Å²) in [5, 5.41) is 13.1. The maximum atomic E-state index is 9.44. The summed E-state index contributed by atoms with van der Waals surface area (Å²) >= 11 is 1.20. The van der Waals surface area contributed by atoms with Crippen molar-refractivity contribution in [3.05, 3.63) is 11.1 Å². The SMILES string of the molecule is CCCOCC(O)c1cnns1. The predicted molar refractivity (Wildman–Crippen MR) is 46.0 cm³/mol. The van der Waals surface area contributed by atoms with E-state index in [0.717, 1.165) is 11.3 Å². The quantitative estimate of drug-likeness (QED) is 0.700. The maximum absolute atomic E-state index is 9.44. The third-order valence-electron chi connectivity index (χ3n) is 1.33. The van der Waals surface area contributed by atoms with Gasteiger partial charge in [-0.05, 0) is 18.0 Å². The van der Waals surface area contributed by atoms with Gasteiger partial charge < -0.3 is 9.84 Å². The smallest absolute Gasteiger partial charge is 0.115 e. The van der Waals surface area contributed by atoms with Crippen molar-refractivity contribution in [2.45, 2.75) is 19.4 Å². The highest BCUT2D eigenvalue weighted by Gasteiger charge is 2.09. The number of hydrogen-bond acceptors (Lipinski definition) is 5. The van der Waals surface area contributed by atoms with Crippen LogP contribution in [0.25, 0.3) is 0 Å². The molecule has 1 atom stereocenters. The van der Waals surface area contributed by atoms with Crippen molar-refractivity contribution in [3.63, 3.8) is 0 Å². The number of rotatable bonds is 5. The predicted octanol–water partition coefficient (Wildman–Crippen LogP) is 0.998. The molecule has 0 aliphatic rings. The minimum absolute atomic E-state index is 0.331. The Morgan fingerprint density at radius 1 is 1.75 bits per heavy atom. The highest BCUT2D eigenvalue weighted by Crippen LogP contribution is 2.14. The van der Waals surface area contributed by atoms with Gasteiger partial charge in [0.25, 0.3) is 0 Å². The summed E-state index contributed by atoms with van der Waals surface area (Å²) in [5.74, 6) is 0. The van der Waals surface area contributed by atoms with Crippen molar-refractivity contribution in [1.29, 1.82) is 0 Å². The highest BCUT2D eigenvalue weighted by molar-refractivity contribution is 7.05. The molecule has 1 aromatic heterocycles. The molecule has 1 heterocycles. The lowest BCUT2D eigenvalue weighted by Crippen LogP contribution is -2.06. The summed E-state index contributed by atoms with van der Waals surface area (Å²) in [6, 6.07) is 0. The average molecular weight is 188 g/mol. The molecule has 0 amide bonds. The topological polar surface area (TPSA) is 55.2 Å². The molecule has 1 rings (SSSR count). The summed E-state index contributed by atoms with van der Waals surface area (Å²) in [4.78, 5) is 0.756. The Labute approximate surface area is 75.4 Å². The van der Waals surface area contributed by atoms with Crippen molar-refractivity contribution in [2.24, 2.45) is 0 Å². The van der Waals surface area contributed by atoms with Gasteiger partial charge >= 0.3 is 0 Å². The normalized spacial score (nSPS) is 13.2. The minimum Gasteiger partial charge on any atom is -0.385 e. The molecule has 0 fully saturated rings. The van der Waals surface area contributed by atoms with Crippen LogP contribution in [0, 0.1) is 0 Å². The van der Waals surface area contributed by atoms with Crippen molar-refractivity contribution in [2.75, 3.05) is 13.2 Å². The van der Waals surface area contributed by atoms with Gasteiger partial charge in [-0.25, -0.2) is 0 Å². The van der Waals surface area contributed by atoms with Gasteiger partial charge in [0.2, 0.25) is 0 Å². The first kappa shape index (κ1) is 9.57. The van der Waals surface area contributed by atoms with Crippen LogP contribution in [0.3, 0.4) is 0 Å². The van der Waals surface area contributed by atoms with E-state index in [-0.39, 0.29) is 0 Å². The zero-order chi connectivity index (χ0) is 8.81. The van der Waals surface area contributed by atoms with E-state index < -0.39 is 6.10 Å². The fraction of sp³-hybridized carbons (Fsp3) is 0.714. The van der Waals surface area contributed by atoms with E-state index >= 15 is 0 Å². The first-order chi connectivity index (χ1) is 5.84. The van der Waals surface area contributed by atoms with E-state index in [0.29, 0.717) is 13.2 Å². The van der Waals surface area contributed by atoms with Crippen molar-refractivity contribution < 1.29 is 9.84 Å². The molecular weight excluding hydrogens is 176 g/mol. The van der Waals surface area contributed by atoms with Gasteiger partial charge in [-0.1, -0.05) is 11.4 Å². The lowest BCUT2D eigenvalue weighted by atomic mass is 10.3. The van der Waals surface area contributed by atoms with Crippen LogP contribution in [-0.4, -0.2) is 27.9 Å². The molecular formula is C7H12N2O2S. The van der Waals surface area contributed by atoms with Gasteiger partial charge in [-0.2, -0.15) is 0 Å². The first-order valence-electron chi connectivity index (χ1n) is 3.87. The standard InChI is InChI=1S/C7H12N2O2S/c1-2-3-11-5-6(10)7-4-8-9-12-7/h4,6,10H,2-3,5H2,1H3. The van der Waals surface area contributed by atoms with Gasteiger partial charge in [0, 0.05) is 6.61 Å². The summed E-state index contributed by atoms with van der Waals surface area (Å²) in [6.07, 6.45) is 1.95. The number of aliphatic hydroxyl groups excluding tert-OH is 1. The molecule has 1 aromatic rings. The van der Waals surface area contributed by atoms with Crippen molar-refractivity contribution >= 4 is 11.5 Å². The van der Waals surface area contributed by atoms with Gasteiger partial charge in [0.1, 0.15) is 6.10 Å². The van der Waals surface area contributed by atoms with Crippen LogP contribution in [0.4, 0.5) is 0 Å². The molecule has 4 nitrogen and oxygen atoms in total. The van der Waals surface area contributed by atoms with Gasteiger partial charge in [-0.15, -0.1) is 5.10 Å². The molecule has 1 unspecified atom stereocenters. The van der Waals surface area contributed by atoms with Crippen LogP contribution in [0.2, 0.25) is 0 Å². The fourth-order valence-electron chi connectivity index (χ4n) is 0.743. The molecule has 5 heteroatoms. The van der Waals surface area contributed by atoms with Crippen LogP contribution >= 0.6 is 11.5 Å². The monoisotopic (exact) mass is 188 g/mol. The van der Waals surface area contributed by atoms with Crippen LogP contribution in [-0.2, 0) is 4.74 Å². The summed E-state index contributed by atoms with van der Waals surface area (Å²) in [6.45, 7) is 3.04. The number of aromatic nitrogens is 2. The Balaban J connectivity index is 2.25. The molecule has 0 spiro atoms. The van der Waals surface area contributed by atoms with Crippen molar-refractivity contribution in [1.82, 2.24) is 9.59 Å². The lowest BCUT2D eigenvalue weighted by molar-refractivity contribution is 0.0381. The zero-order valence-corrected chi connectivity index (χ0v) is 7.75.